The first-order valence-electron chi connectivity index (χ1n) is 5.55. The third-order valence-corrected chi connectivity index (χ3v) is 4.67. The maximum atomic E-state index is 11.7. The van der Waals surface area contributed by atoms with Crippen LogP contribution in [0.2, 0.25) is 0 Å². The van der Waals surface area contributed by atoms with Crippen molar-refractivity contribution in [1.82, 2.24) is 0 Å². The molecule has 0 bridgehead atoms. The van der Waals surface area contributed by atoms with Crippen LogP contribution in [-0.4, -0.2) is 13.1 Å². The maximum absolute atomic E-state index is 11.7. The van der Waals surface area contributed by atoms with Crippen molar-refractivity contribution < 1.29 is 9.53 Å². The van der Waals surface area contributed by atoms with Gasteiger partial charge in [0.15, 0.2) is 0 Å². The minimum atomic E-state index is -0.295. The molecule has 0 radical (unpaired) electrons. The number of hydrogen-bond donors (Lipinski definition) is 1. The molecule has 0 amide bonds. The van der Waals surface area contributed by atoms with Crippen LogP contribution in [0.25, 0.3) is 0 Å². The molecule has 2 N–H and O–H groups in total. The SMILES string of the molecule is COC(=O)c1c(N)sc2c1[C@@H](C)[C@H](C)CC2. The third kappa shape index (κ3) is 1.61. The summed E-state index contributed by atoms with van der Waals surface area (Å²) in [7, 11) is 1.41. The number of methoxy groups -OCH3 is 1. The summed E-state index contributed by atoms with van der Waals surface area (Å²) in [5.74, 6) is 0.701. The number of rotatable bonds is 1. The molecule has 0 aromatic carbocycles. The highest BCUT2D eigenvalue weighted by Crippen LogP contribution is 2.44. The van der Waals surface area contributed by atoms with Crippen LogP contribution in [-0.2, 0) is 11.2 Å². The maximum Gasteiger partial charge on any atom is 0.341 e. The molecule has 4 heteroatoms. The first-order valence-corrected chi connectivity index (χ1v) is 6.37. The lowest BCUT2D eigenvalue weighted by Crippen LogP contribution is -2.17. The monoisotopic (exact) mass is 239 g/mol. The highest BCUT2D eigenvalue weighted by atomic mass is 32.1. The first-order chi connectivity index (χ1) is 7.56. The van der Waals surface area contributed by atoms with E-state index in [9.17, 15) is 4.79 Å². The molecule has 1 aromatic rings. The number of nitrogens with two attached hydrogens (primary N) is 1. The largest absolute Gasteiger partial charge is 0.465 e. The Bertz CT molecular complexity index is 425. The Morgan fingerprint density at radius 3 is 2.81 bits per heavy atom. The number of fused-ring (bicyclic) bond motifs is 1. The fraction of sp³-hybridized carbons (Fsp3) is 0.583. The number of thiophene rings is 1. The molecule has 16 heavy (non-hydrogen) atoms. The Morgan fingerprint density at radius 2 is 2.19 bits per heavy atom. The average molecular weight is 239 g/mol. The highest BCUT2D eigenvalue weighted by Gasteiger charge is 2.32. The van der Waals surface area contributed by atoms with Crippen LogP contribution in [0.15, 0.2) is 0 Å². The van der Waals surface area contributed by atoms with Gasteiger partial charge in [-0.25, -0.2) is 4.79 Å². The van der Waals surface area contributed by atoms with E-state index < -0.39 is 0 Å². The number of hydrogen-bond acceptors (Lipinski definition) is 4. The molecule has 1 aliphatic carbocycles. The number of nitrogen functional groups attached to an aromatic ring is 1. The van der Waals surface area contributed by atoms with Gasteiger partial charge in [0.25, 0.3) is 0 Å². The topological polar surface area (TPSA) is 52.3 Å². The van der Waals surface area contributed by atoms with Gasteiger partial charge < -0.3 is 10.5 Å². The van der Waals surface area contributed by atoms with E-state index in [2.05, 4.69) is 13.8 Å². The van der Waals surface area contributed by atoms with Crippen LogP contribution < -0.4 is 5.73 Å². The summed E-state index contributed by atoms with van der Waals surface area (Å²) in [5.41, 5.74) is 7.67. The number of carbonyl (C=O) groups is 1. The van der Waals surface area contributed by atoms with Crippen LogP contribution in [0.5, 0.6) is 0 Å². The molecular weight excluding hydrogens is 222 g/mol. The van der Waals surface area contributed by atoms with Crippen molar-refractivity contribution >= 4 is 22.3 Å². The summed E-state index contributed by atoms with van der Waals surface area (Å²) in [4.78, 5) is 13.0. The second-order valence-electron chi connectivity index (χ2n) is 4.47. The number of anilines is 1. The van der Waals surface area contributed by atoms with Gasteiger partial charge in [0.05, 0.1) is 12.7 Å². The Morgan fingerprint density at radius 1 is 1.50 bits per heavy atom. The molecule has 2 atom stereocenters. The van der Waals surface area contributed by atoms with Gasteiger partial charge in [0.2, 0.25) is 0 Å². The number of esters is 1. The number of carbonyl (C=O) groups excluding carboxylic acids is 1. The molecule has 0 aliphatic heterocycles. The van der Waals surface area contributed by atoms with Crippen molar-refractivity contribution in [2.24, 2.45) is 5.92 Å². The summed E-state index contributed by atoms with van der Waals surface area (Å²) in [6, 6.07) is 0. The van der Waals surface area contributed by atoms with Crippen LogP contribution >= 0.6 is 11.3 Å². The van der Waals surface area contributed by atoms with E-state index in [1.807, 2.05) is 0 Å². The minimum absolute atomic E-state index is 0.295. The Kier molecular flexibility index (Phi) is 2.93. The predicted molar refractivity (Wildman–Crippen MR) is 66.0 cm³/mol. The Balaban J connectivity index is 2.54. The van der Waals surface area contributed by atoms with Gasteiger partial charge >= 0.3 is 5.97 Å². The van der Waals surface area contributed by atoms with Crippen LogP contribution in [0.1, 0.15) is 47.0 Å². The van der Waals surface area contributed by atoms with Crippen molar-refractivity contribution in [3.63, 3.8) is 0 Å². The fourth-order valence-electron chi connectivity index (χ4n) is 2.38. The molecule has 0 spiro atoms. The second-order valence-corrected chi connectivity index (χ2v) is 5.61. The summed E-state index contributed by atoms with van der Waals surface area (Å²) in [6.07, 6.45) is 2.21. The molecule has 1 heterocycles. The lowest BCUT2D eigenvalue weighted by molar-refractivity contribution is 0.0600. The van der Waals surface area contributed by atoms with Crippen molar-refractivity contribution in [2.75, 3.05) is 12.8 Å². The van der Waals surface area contributed by atoms with Crippen molar-refractivity contribution in [2.45, 2.75) is 32.6 Å². The molecule has 2 rings (SSSR count). The predicted octanol–water partition coefficient (Wildman–Crippen LogP) is 2.80. The van der Waals surface area contributed by atoms with Gasteiger partial charge in [-0.3, -0.25) is 0 Å². The Hall–Kier alpha value is -1.03. The fourth-order valence-corrected chi connectivity index (χ4v) is 3.56. The molecule has 1 aliphatic rings. The van der Waals surface area contributed by atoms with Crippen LogP contribution in [0.4, 0.5) is 5.00 Å². The summed E-state index contributed by atoms with van der Waals surface area (Å²) < 4.78 is 4.81. The zero-order valence-electron chi connectivity index (χ0n) is 9.87. The molecule has 3 nitrogen and oxygen atoms in total. The molecular formula is C12H17NO2S. The standard InChI is InChI=1S/C12H17NO2S/c1-6-4-5-8-9(7(6)2)10(11(13)16-8)12(14)15-3/h6-7H,4-5,13H2,1-3H3/t6-,7+/m1/s1. The van der Waals surface area contributed by atoms with E-state index in [4.69, 9.17) is 10.5 Å². The van der Waals surface area contributed by atoms with E-state index in [1.165, 1.54) is 18.4 Å². The van der Waals surface area contributed by atoms with Crippen molar-refractivity contribution in [1.29, 1.82) is 0 Å². The molecule has 1 aromatic heterocycles. The van der Waals surface area contributed by atoms with Gasteiger partial charge in [0.1, 0.15) is 5.00 Å². The van der Waals surface area contributed by atoms with E-state index in [-0.39, 0.29) is 5.97 Å². The van der Waals surface area contributed by atoms with E-state index in [0.29, 0.717) is 22.4 Å². The molecule has 88 valence electrons. The summed E-state index contributed by atoms with van der Waals surface area (Å²) in [6.45, 7) is 4.39. The normalized spacial score (nSPS) is 23.9. The van der Waals surface area contributed by atoms with Gasteiger partial charge in [-0.15, -0.1) is 11.3 Å². The van der Waals surface area contributed by atoms with Crippen LogP contribution in [0, 0.1) is 5.92 Å². The van der Waals surface area contributed by atoms with Gasteiger partial charge in [-0.1, -0.05) is 13.8 Å². The zero-order chi connectivity index (χ0) is 11.9. The Labute approximate surface area is 99.6 Å². The molecule has 0 fully saturated rings. The van der Waals surface area contributed by atoms with Gasteiger partial charge in [-0.05, 0) is 30.2 Å². The molecule has 0 saturated heterocycles. The van der Waals surface area contributed by atoms with E-state index in [0.717, 1.165) is 12.0 Å². The average Bonchev–Trinajstić information content (AvgIpc) is 2.60. The summed E-state index contributed by atoms with van der Waals surface area (Å²) in [5, 5.41) is 0.609. The van der Waals surface area contributed by atoms with Crippen LogP contribution in [0.3, 0.4) is 0 Å². The quantitative estimate of drug-likeness (QED) is 0.767. The lowest BCUT2D eigenvalue weighted by Gasteiger charge is -2.26. The van der Waals surface area contributed by atoms with Gasteiger partial charge in [-0.2, -0.15) is 0 Å². The van der Waals surface area contributed by atoms with E-state index >= 15 is 0 Å². The number of ether oxygens (including phenoxy) is 1. The second kappa shape index (κ2) is 4.09. The third-order valence-electron chi connectivity index (χ3n) is 3.57. The highest BCUT2D eigenvalue weighted by molar-refractivity contribution is 7.16. The molecule has 0 unspecified atom stereocenters. The van der Waals surface area contributed by atoms with Gasteiger partial charge in [0, 0.05) is 4.88 Å². The number of aryl methyl sites for hydroxylation is 1. The van der Waals surface area contributed by atoms with Crippen molar-refractivity contribution in [3.8, 4) is 0 Å². The first kappa shape index (κ1) is 11.5. The molecule has 0 saturated carbocycles. The minimum Gasteiger partial charge on any atom is -0.465 e. The smallest absolute Gasteiger partial charge is 0.341 e. The zero-order valence-corrected chi connectivity index (χ0v) is 10.7. The van der Waals surface area contributed by atoms with E-state index in [1.54, 1.807) is 11.3 Å². The summed E-state index contributed by atoms with van der Waals surface area (Å²) >= 11 is 1.54. The van der Waals surface area contributed by atoms with Crippen molar-refractivity contribution in [3.05, 3.63) is 16.0 Å². The lowest BCUT2D eigenvalue weighted by atomic mass is 9.79.